The van der Waals surface area contributed by atoms with E-state index in [2.05, 4.69) is 20.9 Å². The number of amides is 2. The van der Waals surface area contributed by atoms with Crippen molar-refractivity contribution < 1.29 is 9.59 Å². The monoisotopic (exact) mass is 361 g/mol. The van der Waals surface area contributed by atoms with Gasteiger partial charge in [0.1, 0.15) is 0 Å². The highest BCUT2D eigenvalue weighted by molar-refractivity contribution is 5.94. The molecule has 0 atom stereocenters. The molecule has 0 unspecified atom stereocenters. The van der Waals surface area contributed by atoms with Crippen LogP contribution in [0.1, 0.15) is 29.8 Å². The molecular formula is C19H31N5O2. The predicted molar refractivity (Wildman–Crippen MR) is 105 cm³/mol. The lowest BCUT2D eigenvalue weighted by molar-refractivity contribution is -0.128. The van der Waals surface area contributed by atoms with Gasteiger partial charge in [-0.3, -0.25) is 14.6 Å². The van der Waals surface area contributed by atoms with Gasteiger partial charge in [0, 0.05) is 46.8 Å². The Morgan fingerprint density at radius 2 is 1.88 bits per heavy atom. The van der Waals surface area contributed by atoms with Crippen molar-refractivity contribution in [2.24, 2.45) is 10.4 Å². The van der Waals surface area contributed by atoms with Crippen LogP contribution >= 0.6 is 0 Å². The van der Waals surface area contributed by atoms with E-state index in [-0.39, 0.29) is 11.8 Å². The normalized spacial score (nSPS) is 11.7. The second kappa shape index (κ2) is 9.79. The van der Waals surface area contributed by atoms with E-state index in [9.17, 15) is 9.59 Å². The molecule has 0 heterocycles. The van der Waals surface area contributed by atoms with E-state index in [0.29, 0.717) is 24.6 Å². The maximum absolute atomic E-state index is 12.0. The summed E-state index contributed by atoms with van der Waals surface area (Å²) in [6.07, 6.45) is 0.758. The van der Waals surface area contributed by atoms with Gasteiger partial charge in [-0.15, -0.1) is 0 Å². The summed E-state index contributed by atoms with van der Waals surface area (Å²) in [6.45, 7) is 4.89. The molecule has 1 aromatic rings. The number of aliphatic imine (C=N–C) groups is 1. The third kappa shape index (κ3) is 6.38. The largest absolute Gasteiger partial charge is 0.359 e. The van der Waals surface area contributed by atoms with Crippen molar-refractivity contribution in [3.05, 3.63) is 35.4 Å². The summed E-state index contributed by atoms with van der Waals surface area (Å²) in [5, 5.41) is 9.07. The van der Waals surface area contributed by atoms with E-state index in [1.807, 2.05) is 38.1 Å². The van der Waals surface area contributed by atoms with Crippen LogP contribution in [0.15, 0.2) is 29.3 Å². The minimum absolute atomic E-state index is 0.00582. The molecule has 0 aliphatic heterocycles. The number of carbonyl (C=O) groups excluding carboxylic acids is 2. The van der Waals surface area contributed by atoms with Crippen LogP contribution in [0.25, 0.3) is 0 Å². The molecule has 3 N–H and O–H groups in total. The molecular weight excluding hydrogens is 330 g/mol. The van der Waals surface area contributed by atoms with Gasteiger partial charge in [-0.1, -0.05) is 12.1 Å². The van der Waals surface area contributed by atoms with Gasteiger partial charge in [-0.25, -0.2) is 0 Å². The molecule has 0 spiro atoms. The van der Waals surface area contributed by atoms with Gasteiger partial charge in [0.25, 0.3) is 5.91 Å². The van der Waals surface area contributed by atoms with Gasteiger partial charge in [0.05, 0.1) is 5.41 Å². The van der Waals surface area contributed by atoms with Crippen LogP contribution in [0.4, 0.5) is 0 Å². The average molecular weight is 361 g/mol. The van der Waals surface area contributed by atoms with Crippen LogP contribution < -0.4 is 16.0 Å². The van der Waals surface area contributed by atoms with Gasteiger partial charge < -0.3 is 20.9 Å². The van der Waals surface area contributed by atoms with E-state index in [1.54, 1.807) is 33.1 Å². The van der Waals surface area contributed by atoms with Gasteiger partial charge in [0.2, 0.25) is 5.91 Å². The molecule has 0 aliphatic carbocycles. The van der Waals surface area contributed by atoms with Crippen molar-refractivity contribution in [3.63, 3.8) is 0 Å². The highest BCUT2D eigenvalue weighted by Crippen LogP contribution is 2.13. The van der Waals surface area contributed by atoms with E-state index in [0.717, 1.165) is 12.0 Å². The molecule has 0 radical (unpaired) electrons. The van der Waals surface area contributed by atoms with Crippen molar-refractivity contribution >= 4 is 17.8 Å². The first kappa shape index (κ1) is 21.5. The summed E-state index contributed by atoms with van der Waals surface area (Å²) in [7, 11) is 6.81. The van der Waals surface area contributed by atoms with Crippen molar-refractivity contribution in [1.29, 1.82) is 0 Å². The van der Waals surface area contributed by atoms with E-state index in [1.165, 1.54) is 0 Å². The van der Waals surface area contributed by atoms with Crippen LogP contribution in [-0.2, 0) is 11.2 Å². The average Bonchev–Trinajstić information content (AvgIpc) is 2.63. The molecule has 1 rings (SSSR count). The summed E-state index contributed by atoms with van der Waals surface area (Å²) in [5.41, 5.74) is 1.22. The first-order valence-electron chi connectivity index (χ1n) is 8.68. The Morgan fingerprint density at radius 3 is 2.46 bits per heavy atom. The standard InChI is InChI=1S/C19H31N5O2/c1-19(2,17(26)20-3)13-23-18(21-4)22-11-10-14-8-7-9-15(12-14)16(25)24(5)6/h7-9,12H,10-11,13H2,1-6H3,(H,20,26)(H2,21,22,23). The Balaban J connectivity index is 2.54. The first-order valence-corrected chi connectivity index (χ1v) is 8.68. The van der Waals surface area contributed by atoms with Crippen LogP contribution in [-0.4, -0.2) is 64.0 Å². The summed E-state index contributed by atoms with van der Waals surface area (Å²) in [6, 6.07) is 7.62. The second-order valence-corrected chi connectivity index (χ2v) is 6.97. The summed E-state index contributed by atoms with van der Waals surface area (Å²) in [4.78, 5) is 29.6. The summed E-state index contributed by atoms with van der Waals surface area (Å²) >= 11 is 0. The zero-order valence-electron chi connectivity index (χ0n) is 16.6. The van der Waals surface area contributed by atoms with Gasteiger partial charge in [0.15, 0.2) is 5.96 Å². The predicted octanol–water partition coefficient (Wildman–Crippen LogP) is 0.868. The molecule has 0 saturated carbocycles. The number of nitrogens with one attached hydrogen (secondary N) is 3. The van der Waals surface area contributed by atoms with Crippen LogP contribution in [0.5, 0.6) is 0 Å². The van der Waals surface area contributed by atoms with Crippen molar-refractivity contribution in [1.82, 2.24) is 20.9 Å². The molecule has 7 heteroatoms. The van der Waals surface area contributed by atoms with Crippen molar-refractivity contribution in [3.8, 4) is 0 Å². The lowest BCUT2D eigenvalue weighted by atomic mass is 9.92. The number of hydrogen-bond acceptors (Lipinski definition) is 3. The molecule has 0 aromatic heterocycles. The molecule has 0 saturated heterocycles. The fraction of sp³-hybridized carbons (Fsp3) is 0.526. The smallest absolute Gasteiger partial charge is 0.253 e. The van der Waals surface area contributed by atoms with Crippen LogP contribution in [0.3, 0.4) is 0 Å². The number of benzene rings is 1. The SMILES string of the molecule is CN=C(NCCc1cccc(C(=O)N(C)C)c1)NCC(C)(C)C(=O)NC. The lowest BCUT2D eigenvalue weighted by Crippen LogP contribution is -2.47. The van der Waals surface area contributed by atoms with Gasteiger partial charge in [-0.05, 0) is 38.0 Å². The van der Waals surface area contributed by atoms with Gasteiger partial charge in [-0.2, -0.15) is 0 Å². The zero-order chi connectivity index (χ0) is 19.7. The van der Waals surface area contributed by atoms with Crippen molar-refractivity contribution in [2.75, 3.05) is 41.3 Å². The third-order valence-corrected chi connectivity index (χ3v) is 4.05. The molecule has 1 aromatic carbocycles. The Hall–Kier alpha value is -2.57. The molecule has 144 valence electrons. The van der Waals surface area contributed by atoms with E-state index in [4.69, 9.17) is 0 Å². The molecule has 0 fully saturated rings. The number of guanidine groups is 1. The topological polar surface area (TPSA) is 85.8 Å². The second-order valence-electron chi connectivity index (χ2n) is 6.97. The molecule has 0 aliphatic rings. The van der Waals surface area contributed by atoms with Gasteiger partial charge >= 0.3 is 0 Å². The number of rotatable bonds is 7. The fourth-order valence-corrected chi connectivity index (χ4v) is 2.39. The highest BCUT2D eigenvalue weighted by atomic mass is 16.2. The Bertz CT molecular complexity index is 653. The Kier molecular flexibility index (Phi) is 8.09. The quantitative estimate of drug-likeness (QED) is 0.497. The molecule has 7 nitrogen and oxygen atoms in total. The molecule has 2 amide bonds. The van der Waals surface area contributed by atoms with Crippen molar-refractivity contribution in [2.45, 2.75) is 20.3 Å². The van der Waals surface area contributed by atoms with E-state index >= 15 is 0 Å². The summed E-state index contributed by atoms with van der Waals surface area (Å²) < 4.78 is 0. The zero-order valence-corrected chi connectivity index (χ0v) is 16.6. The number of hydrogen-bond donors (Lipinski definition) is 3. The minimum atomic E-state index is -0.534. The third-order valence-electron chi connectivity index (χ3n) is 4.05. The Morgan fingerprint density at radius 1 is 1.19 bits per heavy atom. The number of carbonyl (C=O) groups is 2. The number of nitrogens with zero attached hydrogens (tertiary/aromatic N) is 2. The fourth-order valence-electron chi connectivity index (χ4n) is 2.39. The van der Waals surface area contributed by atoms with Crippen LogP contribution in [0, 0.1) is 5.41 Å². The molecule has 0 bridgehead atoms. The van der Waals surface area contributed by atoms with Crippen LogP contribution in [0.2, 0.25) is 0 Å². The maximum Gasteiger partial charge on any atom is 0.253 e. The van der Waals surface area contributed by atoms with E-state index < -0.39 is 5.41 Å². The minimum Gasteiger partial charge on any atom is -0.359 e. The molecule has 26 heavy (non-hydrogen) atoms. The highest BCUT2D eigenvalue weighted by Gasteiger charge is 2.26. The lowest BCUT2D eigenvalue weighted by Gasteiger charge is -2.24. The Labute approximate surface area is 156 Å². The summed E-state index contributed by atoms with van der Waals surface area (Å²) in [5.74, 6) is 0.610. The maximum atomic E-state index is 12.0. The first-order chi connectivity index (χ1) is 12.2.